The number of aryl methyl sites for hydroxylation is 1. The molecule has 2 aromatic heterocycles. The number of benzene rings is 1. The molecule has 1 atom stereocenters. The fraction of sp³-hybridized carbons (Fsp3) is 0.348. The zero-order chi connectivity index (χ0) is 21.2. The molecule has 30 heavy (non-hydrogen) atoms. The Kier molecular flexibility index (Phi) is 4.10. The third-order valence-electron chi connectivity index (χ3n) is 6.24. The van der Waals surface area contributed by atoms with Gasteiger partial charge in [-0.15, -0.1) is 0 Å². The molecule has 2 aliphatic rings. The quantitative estimate of drug-likeness (QED) is 0.723. The van der Waals surface area contributed by atoms with E-state index in [1.807, 2.05) is 24.0 Å². The third kappa shape index (κ3) is 2.69. The van der Waals surface area contributed by atoms with E-state index < -0.39 is 11.4 Å². The minimum absolute atomic E-state index is 0.0696. The monoisotopic (exact) mass is 405 g/mol. The number of carboxylic acids is 1. The van der Waals surface area contributed by atoms with Crippen LogP contribution in [0.2, 0.25) is 0 Å². The molecule has 5 rings (SSSR count). The average Bonchev–Trinajstić information content (AvgIpc) is 3.35. The molecule has 3 aromatic rings. The fourth-order valence-electron chi connectivity index (χ4n) is 4.74. The first-order valence-electron chi connectivity index (χ1n) is 10.2. The van der Waals surface area contributed by atoms with Crippen molar-refractivity contribution in [3.05, 3.63) is 57.6 Å². The van der Waals surface area contributed by atoms with Gasteiger partial charge >= 0.3 is 5.97 Å². The van der Waals surface area contributed by atoms with Crippen LogP contribution in [0.25, 0.3) is 22.4 Å². The second-order valence-corrected chi connectivity index (χ2v) is 8.42. The summed E-state index contributed by atoms with van der Waals surface area (Å²) in [7, 11) is 1.87. The lowest BCUT2D eigenvalue weighted by molar-refractivity contribution is 0.0694. The van der Waals surface area contributed by atoms with E-state index in [1.54, 1.807) is 4.68 Å². The first-order chi connectivity index (χ1) is 14.3. The number of aromatic nitrogens is 3. The summed E-state index contributed by atoms with van der Waals surface area (Å²) >= 11 is 0. The second-order valence-electron chi connectivity index (χ2n) is 8.42. The normalized spacial score (nSPS) is 16.7. The number of fused-ring (bicyclic) bond motifs is 5. The van der Waals surface area contributed by atoms with Crippen molar-refractivity contribution >= 4 is 5.97 Å². The van der Waals surface area contributed by atoms with Crippen LogP contribution in [-0.2, 0) is 19.9 Å². The molecule has 0 unspecified atom stereocenters. The number of nitrogens with zero attached hydrogens (tertiary/aromatic N) is 3. The Balaban J connectivity index is 1.82. The Bertz CT molecular complexity index is 1250. The summed E-state index contributed by atoms with van der Waals surface area (Å²) in [5.41, 5.74) is 5.40. The molecule has 0 amide bonds. The van der Waals surface area contributed by atoms with Gasteiger partial charge in [0, 0.05) is 60.2 Å². The van der Waals surface area contributed by atoms with Gasteiger partial charge in [-0.2, -0.15) is 5.10 Å². The van der Waals surface area contributed by atoms with Crippen LogP contribution < -0.4 is 10.2 Å². The van der Waals surface area contributed by atoms with Crippen molar-refractivity contribution in [1.29, 1.82) is 0 Å². The van der Waals surface area contributed by atoms with Gasteiger partial charge in [-0.05, 0) is 24.0 Å². The lowest BCUT2D eigenvalue weighted by Gasteiger charge is -2.34. The van der Waals surface area contributed by atoms with Crippen LogP contribution in [0, 0.1) is 5.92 Å². The van der Waals surface area contributed by atoms with Crippen LogP contribution in [0.5, 0.6) is 5.75 Å². The molecule has 7 nitrogen and oxygen atoms in total. The fourth-order valence-corrected chi connectivity index (χ4v) is 4.74. The van der Waals surface area contributed by atoms with E-state index in [0.29, 0.717) is 6.61 Å². The highest BCUT2D eigenvalue weighted by Crippen LogP contribution is 2.47. The average molecular weight is 405 g/mol. The lowest BCUT2D eigenvalue weighted by Crippen LogP contribution is -2.28. The van der Waals surface area contributed by atoms with Gasteiger partial charge in [0.15, 0.2) is 5.43 Å². The van der Waals surface area contributed by atoms with Crippen molar-refractivity contribution in [2.45, 2.75) is 32.7 Å². The van der Waals surface area contributed by atoms with Crippen LogP contribution in [0.4, 0.5) is 0 Å². The summed E-state index contributed by atoms with van der Waals surface area (Å²) in [6.07, 6.45) is 6.88. The van der Waals surface area contributed by atoms with E-state index in [-0.39, 0.29) is 17.5 Å². The molecule has 0 saturated carbocycles. The number of pyridine rings is 1. The number of hydrogen-bond donors (Lipinski definition) is 1. The predicted molar refractivity (Wildman–Crippen MR) is 112 cm³/mol. The number of hydrogen-bond acceptors (Lipinski definition) is 4. The molecule has 0 radical (unpaired) electrons. The minimum atomic E-state index is -1.19. The zero-order valence-electron chi connectivity index (χ0n) is 17.2. The molecule has 154 valence electrons. The Morgan fingerprint density at radius 2 is 2.03 bits per heavy atom. The van der Waals surface area contributed by atoms with Crippen LogP contribution >= 0.6 is 0 Å². The minimum Gasteiger partial charge on any atom is -0.492 e. The van der Waals surface area contributed by atoms with E-state index in [4.69, 9.17) is 4.74 Å². The summed E-state index contributed by atoms with van der Waals surface area (Å²) in [6.45, 7) is 4.88. The Morgan fingerprint density at radius 1 is 1.23 bits per heavy atom. The van der Waals surface area contributed by atoms with Crippen molar-refractivity contribution in [2.24, 2.45) is 13.0 Å². The predicted octanol–water partition coefficient (Wildman–Crippen LogP) is 3.30. The Labute approximate surface area is 173 Å². The molecule has 0 fully saturated rings. The summed E-state index contributed by atoms with van der Waals surface area (Å²) in [5, 5.41) is 13.8. The van der Waals surface area contributed by atoms with E-state index >= 15 is 0 Å². The summed E-state index contributed by atoms with van der Waals surface area (Å²) in [5.74, 6) is -0.0127. The van der Waals surface area contributed by atoms with Crippen LogP contribution in [0.1, 0.15) is 41.4 Å². The number of aromatic carboxylic acids is 1. The summed E-state index contributed by atoms with van der Waals surface area (Å²) in [6, 6.07) is 3.62. The van der Waals surface area contributed by atoms with Gasteiger partial charge in [0.25, 0.3) is 0 Å². The first-order valence-corrected chi connectivity index (χ1v) is 10.2. The van der Waals surface area contributed by atoms with Gasteiger partial charge in [0.05, 0.1) is 18.5 Å². The van der Waals surface area contributed by atoms with Crippen LogP contribution in [0.3, 0.4) is 0 Å². The van der Waals surface area contributed by atoms with Crippen molar-refractivity contribution < 1.29 is 14.6 Å². The topological polar surface area (TPSA) is 86.3 Å². The molecule has 2 aliphatic heterocycles. The molecule has 0 saturated heterocycles. The van der Waals surface area contributed by atoms with Gasteiger partial charge in [-0.3, -0.25) is 9.48 Å². The van der Waals surface area contributed by atoms with Gasteiger partial charge < -0.3 is 14.4 Å². The Hall–Kier alpha value is -3.35. The molecule has 4 heterocycles. The van der Waals surface area contributed by atoms with E-state index in [9.17, 15) is 14.7 Å². The second kappa shape index (κ2) is 6.58. The lowest BCUT2D eigenvalue weighted by atomic mass is 9.82. The maximum absolute atomic E-state index is 12.6. The number of ether oxygens (including phenoxy) is 1. The van der Waals surface area contributed by atoms with E-state index in [1.165, 1.54) is 23.4 Å². The SMILES string of the molecule is CC(C)[C@@H]1Cc2c(cc(-c3cnn(C)c3)c3c2CCO3)-c2cc(=O)c(C(=O)O)cn21. The number of carboxylic acid groups (broad SMARTS) is 1. The zero-order valence-corrected chi connectivity index (χ0v) is 17.2. The van der Waals surface area contributed by atoms with E-state index in [2.05, 4.69) is 25.0 Å². The van der Waals surface area contributed by atoms with Crippen molar-refractivity contribution in [1.82, 2.24) is 14.3 Å². The summed E-state index contributed by atoms with van der Waals surface area (Å²) < 4.78 is 9.77. The standard InChI is InChI=1S/C23H23N3O4/c1-12(2)19-7-16-14-4-5-30-22(14)15(13-9-24-25(3)10-13)6-17(16)20-8-21(27)18(23(28)29)11-26(19)20/h6,8-12,19H,4-5,7H2,1-3H3,(H,28,29)/t19-/m0/s1. The maximum atomic E-state index is 12.6. The van der Waals surface area contributed by atoms with Gasteiger partial charge in [0.1, 0.15) is 11.3 Å². The molecular weight excluding hydrogens is 382 g/mol. The van der Waals surface area contributed by atoms with Gasteiger partial charge in [-0.25, -0.2) is 4.79 Å². The molecule has 0 spiro atoms. The molecular formula is C23H23N3O4. The van der Waals surface area contributed by atoms with Gasteiger partial charge in [-0.1, -0.05) is 13.8 Å². The molecule has 7 heteroatoms. The number of carbonyl (C=O) groups is 1. The van der Waals surface area contributed by atoms with Crippen LogP contribution in [-0.4, -0.2) is 32.0 Å². The summed E-state index contributed by atoms with van der Waals surface area (Å²) in [4.78, 5) is 24.2. The largest absolute Gasteiger partial charge is 0.492 e. The van der Waals surface area contributed by atoms with E-state index in [0.717, 1.165) is 41.0 Å². The smallest absolute Gasteiger partial charge is 0.341 e. The van der Waals surface area contributed by atoms with Crippen molar-refractivity contribution in [3.8, 4) is 28.1 Å². The molecule has 1 aromatic carbocycles. The highest BCUT2D eigenvalue weighted by Gasteiger charge is 2.33. The first kappa shape index (κ1) is 18.7. The highest BCUT2D eigenvalue weighted by atomic mass is 16.5. The molecule has 1 N–H and O–H groups in total. The van der Waals surface area contributed by atoms with Crippen molar-refractivity contribution in [2.75, 3.05) is 6.61 Å². The van der Waals surface area contributed by atoms with Crippen LogP contribution in [0.15, 0.2) is 35.5 Å². The molecule has 0 aliphatic carbocycles. The third-order valence-corrected chi connectivity index (χ3v) is 6.24. The van der Waals surface area contributed by atoms with Crippen molar-refractivity contribution in [3.63, 3.8) is 0 Å². The number of rotatable bonds is 3. The van der Waals surface area contributed by atoms with Gasteiger partial charge in [0.2, 0.25) is 0 Å². The maximum Gasteiger partial charge on any atom is 0.341 e. The molecule has 0 bridgehead atoms. The highest BCUT2D eigenvalue weighted by molar-refractivity contribution is 5.88. The Morgan fingerprint density at radius 3 is 2.70 bits per heavy atom.